The van der Waals surface area contributed by atoms with Crippen LogP contribution in [0.2, 0.25) is 5.02 Å². The van der Waals surface area contributed by atoms with Gasteiger partial charge in [-0.15, -0.1) is 0 Å². The Kier molecular flexibility index (Phi) is 8.97. The van der Waals surface area contributed by atoms with Gasteiger partial charge in [0.2, 0.25) is 0 Å². The highest BCUT2D eigenvalue weighted by molar-refractivity contribution is 6.30. The summed E-state index contributed by atoms with van der Waals surface area (Å²) < 4.78 is 13.9. The maximum atomic E-state index is 13.9. The lowest BCUT2D eigenvalue weighted by atomic mass is 10.0. The third-order valence-corrected chi connectivity index (χ3v) is 4.80. The molecule has 0 amide bonds. The Morgan fingerprint density at radius 1 is 1.13 bits per heavy atom. The molecule has 1 aromatic heterocycles. The molecule has 2 aromatic carbocycles. The van der Waals surface area contributed by atoms with Gasteiger partial charge in [0.15, 0.2) is 0 Å². The third-order valence-electron chi connectivity index (χ3n) is 4.58. The zero-order valence-corrected chi connectivity index (χ0v) is 19.0. The molecule has 1 heterocycles. The second-order valence-corrected chi connectivity index (χ2v) is 7.34. The molecule has 164 valence electrons. The molecule has 1 atom stereocenters. The van der Waals surface area contributed by atoms with E-state index in [-0.39, 0.29) is 5.82 Å². The van der Waals surface area contributed by atoms with Crippen LogP contribution in [0, 0.1) is 11.2 Å². The summed E-state index contributed by atoms with van der Waals surface area (Å²) in [5.41, 5.74) is 10.2. The number of pyridine rings is 1. The maximum absolute atomic E-state index is 13.9. The number of benzene rings is 2. The van der Waals surface area contributed by atoms with E-state index in [2.05, 4.69) is 10.3 Å². The molecule has 7 heteroatoms. The molecule has 5 nitrogen and oxygen atoms in total. The van der Waals surface area contributed by atoms with Crippen molar-refractivity contribution >= 4 is 23.1 Å². The van der Waals surface area contributed by atoms with Gasteiger partial charge in [0.1, 0.15) is 11.7 Å². The zero-order chi connectivity index (χ0) is 23.0. The average Bonchev–Trinajstić information content (AvgIpc) is 2.79. The zero-order valence-electron chi connectivity index (χ0n) is 18.3. The Bertz CT molecular complexity index is 988. The fourth-order valence-electron chi connectivity index (χ4n) is 2.92. The fraction of sp³-hybridized carbons (Fsp3) is 0.250. The highest BCUT2D eigenvalue weighted by atomic mass is 35.5. The van der Waals surface area contributed by atoms with E-state index >= 15 is 0 Å². The van der Waals surface area contributed by atoms with Crippen LogP contribution in [0.3, 0.4) is 0 Å². The number of rotatable bonds is 6. The lowest BCUT2D eigenvalue weighted by molar-refractivity contribution is 0.619. The molecule has 0 bridgehead atoms. The molecule has 0 saturated heterocycles. The van der Waals surface area contributed by atoms with Gasteiger partial charge in [-0.1, -0.05) is 49.7 Å². The van der Waals surface area contributed by atoms with Crippen LogP contribution in [0.5, 0.6) is 0 Å². The number of halogens is 2. The smallest absolute Gasteiger partial charge is 0.127 e. The van der Waals surface area contributed by atoms with E-state index < -0.39 is 6.04 Å². The SMILES string of the molecule is CC.CN(C)C(=N)c1ccc(CNc2ccc(F)cc2C(N)c2ccc(Cl)cn2)cc1. The van der Waals surface area contributed by atoms with E-state index in [1.54, 1.807) is 23.1 Å². The minimum Gasteiger partial charge on any atom is -0.381 e. The Hall–Kier alpha value is -2.96. The number of amidine groups is 1. The van der Waals surface area contributed by atoms with Crippen molar-refractivity contribution in [2.75, 3.05) is 19.4 Å². The summed E-state index contributed by atoms with van der Waals surface area (Å²) in [6.45, 7) is 4.54. The van der Waals surface area contributed by atoms with E-state index in [0.717, 1.165) is 16.8 Å². The number of hydrogen-bond acceptors (Lipinski definition) is 4. The molecular weight excluding hydrogens is 413 g/mol. The van der Waals surface area contributed by atoms with Gasteiger partial charge in [-0.3, -0.25) is 10.4 Å². The van der Waals surface area contributed by atoms with Crippen LogP contribution < -0.4 is 11.1 Å². The molecule has 0 aliphatic heterocycles. The van der Waals surface area contributed by atoms with Gasteiger partial charge in [0, 0.05) is 43.7 Å². The van der Waals surface area contributed by atoms with Crippen molar-refractivity contribution in [3.05, 3.63) is 94.0 Å². The summed E-state index contributed by atoms with van der Waals surface area (Å²) in [5.74, 6) is 0.0910. The minimum atomic E-state index is -0.589. The second kappa shape index (κ2) is 11.4. The molecule has 0 saturated carbocycles. The number of nitrogens with two attached hydrogens (primary N) is 1. The summed E-state index contributed by atoms with van der Waals surface area (Å²) in [6, 6.07) is 15.1. The van der Waals surface area contributed by atoms with Gasteiger partial charge in [-0.25, -0.2) is 4.39 Å². The first-order valence-electron chi connectivity index (χ1n) is 10.1. The van der Waals surface area contributed by atoms with Crippen molar-refractivity contribution < 1.29 is 4.39 Å². The summed E-state index contributed by atoms with van der Waals surface area (Å²) in [5, 5.41) is 11.9. The van der Waals surface area contributed by atoms with Crippen molar-refractivity contribution in [3.63, 3.8) is 0 Å². The van der Waals surface area contributed by atoms with E-state index in [4.69, 9.17) is 22.7 Å². The van der Waals surface area contributed by atoms with Gasteiger partial charge in [-0.2, -0.15) is 0 Å². The van der Waals surface area contributed by atoms with E-state index in [9.17, 15) is 4.39 Å². The lowest BCUT2D eigenvalue weighted by Gasteiger charge is -2.18. The molecule has 0 aliphatic rings. The first kappa shape index (κ1) is 24.3. The first-order valence-corrected chi connectivity index (χ1v) is 10.5. The molecule has 1 unspecified atom stereocenters. The van der Waals surface area contributed by atoms with Gasteiger partial charge >= 0.3 is 0 Å². The normalized spacial score (nSPS) is 11.2. The van der Waals surface area contributed by atoms with E-state index in [1.807, 2.05) is 52.2 Å². The number of anilines is 1. The Morgan fingerprint density at radius 3 is 2.39 bits per heavy atom. The summed E-state index contributed by atoms with van der Waals surface area (Å²) >= 11 is 5.89. The van der Waals surface area contributed by atoms with Crippen LogP contribution in [-0.4, -0.2) is 29.8 Å². The largest absolute Gasteiger partial charge is 0.381 e. The number of nitrogens with one attached hydrogen (secondary N) is 2. The van der Waals surface area contributed by atoms with Crippen LogP contribution in [0.1, 0.15) is 42.3 Å². The fourth-order valence-corrected chi connectivity index (χ4v) is 3.03. The standard InChI is InChI=1S/C22H23ClFN5.C2H6/c1-29(2)22(26)15-5-3-14(4-6-15)12-27-19-10-8-17(24)11-18(19)21(25)20-9-7-16(23)13-28-20;1-2/h3-11,13,21,26-27H,12,25H2,1-2H3;1-2H3. The topological polar surface area (TPSA) is 78.0 Å². The second-order valence-electron chi connectivity index (χ2n) is 6.90. The molecule has 0 fully saturated rings. The maximum Gasteiger partial charge on any atom is 0.127 e. The Balaban J connectivity index is 0.00000166. The van der Waals surface area contributed by atoms with Crippen LogP contribution >= 0.6 is 11.6 Å². The molecule has 4 N–H and O–H groups in total. The number of aromatic nitrogens is 1. The summed E-state index contributed by atoms with van der Waals surface area (Å²) in [6.07, 6.45) is 1.52. The Morgan fingerprint density at radius 2 is 1.81 bits per heavy atom. The van der Waals surface area contributed by atoms with Crippen LogP contribution in [0.4, 0.5) is 10.1 Å². The van der Waals surface area contributed by atoms with Crippen LogP contribution in [0.15, 0.2) is 60.8 Å². The number of hydrogen-bond donors (Lipinski definition) is 3. The molecule has 0 spiro atoms. The number of nitrogens with zero attached hydrogens (tertiary/aromatic N) is 2. The van der Waals surface area contributed by atoms with E-state index in [1.165, 1.54) is 18.3 Å². The third kappa shape index (κ3) is 6.51. The molecule has 3 rings (SSSR count). The van der Waals surface area contributed by atoms with Crippen LogP contribution in [-0.2, 0) is 6.54 Å². The van der Waals surface area contributed by atoms with Gasteiger partial charge < -0.3 is 16.0 Å². The molecule has 31 heavy (non-hydrogen) atoms. The average molecular weight is 442 g/mol. The molecule has 0 aliphatic carbocycles. The van der Waals surface area contributed by atoms with Gasteiger partial charge in [0.25, 0.3) is 0 Å². The van der Waals surface area contributed by atoms with E-state index in [0.29, 0.717) is 28.7 Å². The predicted molar refractivity (Wildman–Crippen MR) is 127 cm³/mol. The van der Waals surface area contributed by atoms with Gasteiger partial charge in [-0.05, 0) is 35.9 Å². The van der Waals surface area contributed by atoms with Crippen molar-refractivity contribution in [3.8, 4) is 0 Å². The summed E-state index contributed by atoms with van der Waals surface area (Å²) in [4.78, 5) is 6.01. The molecular formula is C24H29ClFN5. The van der Waals surface area contributed by atoms with Crippen LogP contribution in [0.25, 0.3) is 0 Å². The summed E-state index contributed by atoms with van der Waals surface area (Å²) in [7, 11) is 3.68. The van der Waals surface area contributed by atoms with Crippen molar-refractivity contribution in [2.45, 2.75) is 26.4 Å². The Labute approximate surface area is 188 Å². The molecule has 3 aromatic rings. The predicted octanol–water partition coefficient (Wildman–Crippen LogP) is 5.45. The monoisotopic (exact) mass is 441 g/mol. The van der Waals surface area contributed by atoms with Crippen molar-refractivity contribution in [1.82, 2.24) is 9.88 Å². The molecule has 0 radical (unpaired) electrons. The highest BCUT2D eigenvalue weighted by Gasteiger charge is 2.16. The lowest BCUT2D eigenvalue weighted by Crippen LogP contribution is -2.21. The first-order chi connectivity index (χ1) is 14.8. The van der Waals surface area contributed by atoms with Gasteiger partial charge in [0.05, 0.1) is 16.8 Å². The highest BCUT2D eigenvalue weighted by Crippen LogP contribution is 2.27. The van der Waals surface area contributed by atoms with Crippen molar-refractivity contribution in [2.24, 2.45) is 5.73 Å². The van der Waals surface area contributed by atoms with Crippen molar-refractivity contribution in [1.29, 1.82) is 5.41 Å². The quantitative estimate of drug-likeness (QED) is 0.351. The minimum absolute atomic E-state index is 0.360.